The number of nitrogens with zero attached hydrogens (tertiary/aromatic N) is 3. The van der Waals surface area contributed by atoms with Crippen LogP contribution in [0.25, 0.3) is 21.9 Å². The summed E-state index contributed by atoms with van der Waals surface area (Å²) >= 11 is 8.17. The third kappa shape index (κ3) is 1.68. The smallest absolute Gasteiger partial charge is 0.159 e. The molecule has 0 saturated heterocycles. The van der Waals surface area contributed by atoms with Crippen LogP contribution in [0, 0.1) is 0 Å². The van der Waals surface area contributed by atoms with Gasteiger partial charge in [-0.05, 0) is 31.4 Å². The second-order valence-electron chi connectivity index (χ2n) is 4.01. The number of aryl methyl sites for hydroxylation is 1. The molecule has 0 unspecified atom stereocenters. The summed E-state index contributed by atoms with van der Waals surface area (Å²) in [4.78, 5) is 5.84. The van der Waals surface area contributed by atoms with Crippen molar-refractivity contribution < 1.29 is 0 Å². The lowest BCUT2D eigenvalue weighted by molar-refractivity contribution is 0.677. The second-order valence-corrected chi connectivity index (χ2v) is 5.26. The van der Waals surface area contributed by atoms with Crippen LogP contribution < -0.4 is 0 Å². The van der Waals surface area contributed by atoms with Gasteiger partial charge in [-0.2, -0.15) is 5.10 Å². The van der Waals surface area contributed by atoms with E-state index in [1.165, 1.54) is 4.90 Å². The Morgan fingerprint density at radius 3 is 2.89 bits per heavy atom. The molecule has 3 aromatic rings. The quantitative estimate of drug-likeness (QED) is 0.664. The van der Waals surface area contributed by atoms with Gasteiger partial charge in [0.15, 0.2) is 5.65 Å². The van der Waals surface area contributed by atoms with Crippen molar-refractivity contribution in [3.8, 4) is 0 Å². The highest BCUT2D eigenvalue weighted by molar-refractivity contribution is 7.98. The van der Waals surface area contributed by atoms with Crippen molar-refractivity contribution in [3.05, 3.63) is 29.4 Å². The van der Waals surface area contributed by atoms with Crippen LogP contribution in [0.4, 0.5) is 0 Å². The molecule has 0 aliphatic carbocycles. The van der Waals surface area contributed by atoms with Gasteiger partial charge in [0.05, 0.1) is 22.1 Å². The molecule has 0 N–H and O–H groups in total. The minimum atomic E-state index is 0.741. The Bertz CT molecular complexity index is 736. The summed E-state index contributed by atoms with van der Waals surface area (Å²) in [6.45, 7) is 2.84. The first-order valence-electron chi connectivity index (χ1n) is 5.73. The Kier molecular flexibility index (Phi) is 2.92. The molecule has 0 saturated carbocycles. The third-order valence-electron chi connectivity index (χ3n) is 3.01. The van der Waals surface area contributed by atoms with Gasteiger partial charge in [-0.3, -0.25) is 0 Å². The van der Waals surface area contributed by atoms with E-state index < -0.39 is 0 Å². The average molecular weight is 278 g/mol. The molecule has 3 rings (SSSR count). The summed E-state index contributed by atoms with van der Waals surface area (Å²) in [6.07, 6.45) is 3.84. The highest BCUT2D eigenvalue weighted by Crippen LogP contribution is 2.32. The van der Waals surface area contributed by atoms with Gasteiger partial charge in [0.2, 0.25) is 0 Å². The monoisotopic (exact) mass is 277 g/mol. The summed E-state index contributed by atoms with van der Waals surface area (Å²) in [5.41, 5.74) is 1.77. The third-order valence-corrected chi connectivity index (χ3v) is 4.15. The predicted octanol–water partition coefficient (Wildman–Crippen LogP) is 3.98. The minimum Gasteiger partial charge on any atom is -0.248 e. The van der Waals surface area contributed by atoms with Crippen LogP contribution in [-0.2, 0) is 6.54 Å². The number of hydrogen-bond donors (Lipinski definition) is 0. The first-order chi connectivity index (χ1) is 8.74. The SMILES string of the molecule is CCn1ncc2c(Cl)c3cc(SC)ccc3nc21. The lowest BCUT2D eigenvalue weighted by Crippen LogP contribution is -1.97. The van der Waals surface area contributed by atoms with Crippen molar-refractivity contribution in [2.75, 3.05) is 6.26 Å². The zero-order chi connectivity index (χ0) is 12.7. The van der Waals surface area contributed by atoms with Gasteiger partial charge in [0.25, 0.3) is 0 Å². The summed E-state index contributed by atoms with van der Waals surface area (Å²) in [5, 5.41) is 6.96. The molecule has 2 heterocycles. The molecule has 0 aliphatic heterocycles. The number of rotatable bonds is 2. The Labute approximate surface area is 114 Å². The molecule has 0 atom stereocenters. The van der Waals surface area contributed by atoms with Crippen molar-refractivity contribution in [1.29, 1.82) is 0 Å². The Hall–Kier alpha value is -1.26. The molecule has 0 bridgehead atoms. The molecule has 2 aromatic heterocycles. The first-order valence-corrected chi connectivity index (χ1v) is 7.33. The standard InChI is InChI=1S/C13H12ClN3S/c1-3-17-13-10(7-15-17)12(14)9-6-8(18-2)4-5-11(9)16-13/h4-7H,3H2,1-2H3. The van der Waals surface area contributed by atoms with Gasteiger partial charge in [-0.25, -0.2) is 9.67 Å². The fourth-order valence-corrected chi connectivity index (χ4v) is 2.78. The summed E-state index contributed by atoms with van der Waals surface area (Å²) in [7, 11) is 0. The molecule has 92 valence electrons. The molecule has 0 radical (unpaired) electrons. The second kappa shape index (κ2) is 4.44. The predicted molar refractivity (Wildman–Crippen MR) is 77.5 cm³/mol. The van der Waals surface area contributed by atoms with Gasteiger partial charge in [-0.1, -0.05) is 11.6 Å². The Morgan fingerprint density at radius 1 is 1.33 bits per heavy atom. The fraction of sp³-hybridized carbons (Fsp3) is 0.231. The van der Waals surface area contributed by atoms with Crippen LogP contribution in [0.2, 0.25) is 5.02 Å². The Morgan fingerprint density at radius 2 is 2.17 bits per heavy atom. The maximum atomic E-state index is 6.47. The van der Waals surface area contributed by atoms with Crippen molar-refractivity contribution in [2.24, 2.45) is 0 Å². The van der Waals surface area contributed by atoms with E-state index in [0.29, 0.717) is 0 Å². The molecule has 0 aliphatic rings. The molecule has 0 amide bonds. The van der Waals surface area contributed by atoms with Crippen molar-refractivity contribution in [3.63, 3.8) is 0 Å². The molecular weight excluding hydrogens is 266 g/mol. The van der Waals surface area contributed by atoms with Crippen molar-refractivity contribution in [1.82, 2.24) is 14.8 Å². The van der Waals surface area contributed by atoms with E-state index in [-0.39, 0.29) is 0 Å². The first kappa shape index (κ1) is 11.8. The van der Waals surface area contributed by atoms with Crippen LogP contribution in [0.1, 0.15) is 6.92 Å². The van der Waals surface area contributed by atoms with Crippen LogP contribution in [-0.4, -0.2) is 21.0 Å². The van der Waals surface area contributed by atoms with Gasteiger partial charge in [0, 0.05) is 16.8 Å². The number of benzene rings is 1. The molecule has 0 fully saturated rings. The highest BCUT2D eigenvalue weighted by atomic mass is 35.5. The number of pyridine rings is 1. The molecule has 5 heteroatoms. The number of thioether (sulfide) groups is 1. The molecule has 0 spiro atoms. The van der Waals surface area contributed by atoms with E-state index in [0.717, 1.165) is 33.5 Å². The number of halogens is 1. The molecule has 18 heavy (non-hydrogen) atoms. The van der Waals surface area contributed by atoms with E-state index >= 15 is 0 Å². The normalized spacial score (nSPS) is 11.5. The molecule has 1 aromatic carbocycles. The van der Waals surface area contributed by atoms with Gasteiger partial charge in [-0.15, -0.1) is 11.8 Å². The lowest BCUT2D eigenvalue weighted by Gasteiger charge is -2.05. The molecule has 3 nitrogen and oxygen atoms in total. The van der Waals surface area contributed by atoms with Crippen molar-refractivity contribution in [2.45, 2.75) is 18.4 Å². The van der Waals surface area contributed by atoms with Gasteiger partial charge < -0.3 is 0 Å². The van der Waals surface area contributed by atoms with Crippen LogP contribution >= 0.6 is 23.4 Å². The summed E-state index contributed by atoms with van der Waals surface area (Å²) in [6, 6.07) is 6.16. The van der Waals surface area contributed by atoms with E-state index in [2.05, 4.69) is 28.5 Å². The number of hydrogen-bond acceptors (Lipinski definition) is 3. The zero-order valence-electron chi connectivity index (χ0n) is 10.1. The van der Waals surface area contributed by atoms with Gasteiger partial charge >= 0.3 is 0 Å². The Balaban J connectivity index is 2.42. The average Bonchev–Trinajstić information content (AvgIpc) is 2.82. The largest absolute Gasteiger partial charge is 0.248 e. The van der Waals surface area contributed by atoms with Crippen LogP contribution in [0.5, 0.6) is 0 Å². The maximum Gasteiger partial charge on any atom is 0.159 e. The fourth-order valence-electron chi connectivity index (χ4n) is 2.06. The van der Waals surface area contributed by atoms with Crippen LogP contribution in [0.15, 0.2) is 29.3 Å². The maximum absolute atomic E-state index is 6.47. The number of aromatic nitrogens is 3. The van der Waals surface area contributed by atoms with E-state index in [1.807, 2.05) is 17.7 Å². The van der Waals surface area contributed by atoms with E-state index in [9.17, 15) is 0 Å². The van der Waals surface area contributed by atoms with Gasteiger partial charge in [0.1, 0.15) is 0 Å². The topological polar surface area (TPSA) is 30.7 Å². The molecular formula is C13H12ClN3S. The lowest BCUT2D eigenvalue weighted by atomic mass is 10.2. The summed E-state index contributed by atoms with van der Waals surface area (Å²) in [5.74, 6) is 0. The minimum absolute atomic E-state index is 0.741. The summed E-state index contributed by atoms with van der Waals surface area (Å²) < 4.78 is 1.86. The van der Waals surface area contributed by atoms with E-state index in [1.54, 1.807) is 18.0 Å². The number of fused-ring (bicyclic) bond motifs is 2. The zero-order valence-corrected chi connectivity index (χ0v) is 11.7. The van der Waals surface area contributed by atoms with Crippen LogP contribution in [0.3, 0.4) is 0 Å². The van der Waals surface area contributed by atoms with E-state index in [4.69, 9.17) is 11.6 Å². The highest BCUT2D eigenvalue weighted by Gasteiger charge is 2.11. The van der Waals surface area contributed by atoms with Crippen molar-refractivity contribution >= 4 is 45.3 Å².